The molecule has 1 unspecified atom stereocenters. The van der Waals surface area contributed by atoms with Crippen molar-refractivity contribution in [2.24, 2.45) is 0 Å². The molecule has 0 aromatic heterocycles. The summed E-state index contributed by atoms with van der Waals surface area (Å²) < 4.78 is 24.5. The van der Waals surface area contributed by atoms with Gasteiger partial charge in [0.2, 0.25) is 0 Å². The third kappa shape index (κ3) is 2.60. The highest BCUT2D eigenvalue weighted by molar-refractivity contribution is 5.37. The lowest BCUT2D eigenvalue weighted by molar-refractivity contribution is -0.0700. The summed E-state index contributed by atoms with van der Waals surface area (Å²) in [5, 5.41) is 3.43. The molecule has 3 nitrogen and oxygen atoms in total. The van der Waals surface area contributed by atoms with Gasteiger partial charge < -0.3 is 14.8 Å². The summed E-state index contributed by atoms with van der Waals surface area (Å²) in [5.74, 6) is 0.627. The van der Waals surface area contributed by atoms with Crippen LogP contribution < -0.4 is 10.1 Å². The standard InChI is InChI=1S/C15H20FNO2/c1-18-15(5-2-6-15)10-17-9-13-8-11-7-12(16)3-4-14(11)19-13/h3-4,7,13,17H,2,5-6,8-10H2,1H3. The summed E-state index contributed by atoms with van der Waals surface area (Å²) in [4.78, 5) is 0. The van der Waals surface area contributed by atoms with Crippen molar-refractivity contribution in [2.75, 3.05) is 20.2 Å². The van der Waals surface area contributed by atoms with E-state index in [0.29, 0.717) is 0 Å². The van der Waals surface area contributed by atoms with E-state index in [0.717, 1.165) is 43.7 Å². The van der Waals surface area contributed by atoms with Crippen LogP contribution in [0.4, 0.5) is 4.39 Å². The molecule has 19 heavy (non-hydrogen) atoms. The van der Waals surface area contributed by atoms with Gasteiger partial charge in [0.1, 0.15) is 17.7 Å². The summed E-state index contributed by atoms with van der Waals surface area (Å²) in [5.41, 5.74) is 1.01. The van der Waals surface area contributed by atoms with Crippen molar-refractivity contribution >= 4 is 0 Å². The molecular weight excluding hydrogens is 245 g/mol. The summed E-state index contributed by atoms with van der Waals surface area (Å²) >= 11 is 0. The Morgan fingerprint density at radius 3 is 3.00 bits per heavy atom. The smallest absolute Gasteiger partial charge is 0.123 e. The van der Waals surface area contributed by atoms with Gasteiger partial charge in [0.05, 0.1) is 5.60 Å². The fraction of sp³-hybridized carbons (Fsp3) is 0.600. The Balaban J connectivity index is 1.48. The van der Waals surface area contributed by atoms with Crippen molar-refractivity contribution in [2.45, 2.75) is 37.4 Å². The van der Waals surface area contributed by atoms with Crippen LogP contribution in [0.2, 0.25) is 0 Å². The molecule has 104 valence electrons. The lowest BCUT2D eigenvalue weighted by atomic mass is 9.80. The maximum atomic E-state index is 13.1. The molecule has 0 radical (unpaired) electrons. The van der Waals surface area contributed by atoms with Gasteiger partial charge in [0.15, 0.2) is 0 Å². The molecule has 1 atom stereocenters. The summed E-state index contributed by atoms with van der Waals surface area (Å²) in [7, 11) is 1.78. The number of hydrogen-bond donors (Lipinski definition) is 1. The van der Waals surface area contributed by atoms with Crippen LogP contribution >= 0.6 is 0 Å². The average molecular weight is 265 g/mol. The molecule has 4 heteroatoms. The molecule has 3 rings (SSSR count). The molecule has 2 aliphatic rings. The highest BCUT2D eigenvalue weighted by atomic mass is 19.1. The number of hydrogen-bond acceptors (Lipinski definition) is 3. The average Bonchev–Trinajstić information content (AvgIpc) is 2.74. The van der Waals surface area contributed by atoms with E-state index in [1.807, 2.05) is 0 Å². The third-order valence-electron chi connectivity index (χ3n) is 4.28. The van der Waals surface area contributed by atoms with Gasteiger partial charge in [-0.25, -0.2) is 4.39 Å². The second-order valence-corrected chi connectivity index (χ2v) is 5.57. The van der Waals surface area contributed by atoms with Crippen molar-refractivity contribution in [3.63, 3.8) is 0 Å². The van der Waals surface area contributed by atoms with E-state index < -0.39 is 0 Å². The minimum atomic E-state index is -0.191. The van der Waals surface area contributed by atoms with Gasteiger partial charge in [-0.1, -0.05) is 0 Å². The number of nitrogens with one attached hydrogen (secondary N) is 1. The van der Waals surface area contributed by atoms with E-state index in [4.69, 9.17) is 9.47 Å². The molecule has 1 aromatic carbocycles. The Hall–Kier alpha value is -1.13. The molecule has 1 heterocycles. The normalized spacial score (nSPS) is 23.6. The van der Waals surface area contributed by atoms with Gasteiger partial charge in [-0.05, 0) is 37.5 Å². The van der Waals surface area contributed by atoms with E-state index in [1.54, 1.807) is 19.2 Å². The Morgan fingerprint density at radius 1 is 1.47 bits per heavy atom. The van der Waals surface area contributed by atoms with Crippen molar-refractivity contribution in [1.82, 2.24) is 5.32 Å². The van der Waals surface area contributed by atoms with Gasteiger partial charge in [-0.15, -0.1) is 0 Å². The lowest BCUT2D eigenvalue weighted by Crippen LogP contribution is -2.49. The van der Waals surface area contributed by atoms with Crippen molar-refractivity contribution in [3.8, 4) is 5.75 Å². The van der Waals surface area contributed by atoms with Gasteiger partial charge in [0.25, 0.3) is 0 Å². The quantitative estimate of drug-likeness (QED) is 0.886. The molecular formula is C15H20FNO2. The van der Waals surface area contributed by atoms with Crippen LogP contribution in [0, 0.1) is 5.82 Å². The van der Waals surface area contributed by atoms with Gasteiger partial charge in [-0.3, -0.25) is 0 Å². The van der Waals surface area contributed by atoms with E-state index >= 15 is 0 Å². The Morgan fingerprint density at radius 2 is 2.32 bits per heavy atom. The first kappa shape index (κ1) is 12.9. The fourth-order valence-electron chi connectivity index (χ4n) is 2.89. The molecule has 1 fully saturated rings. The van der Waals surface area contributed by atoms with E-state index in [-0.39, 0.29) is 17.5 Å². The van der Waals surface area contributed by atoms with Gasteiger partial charge in [0, 0.05) is 32.2 Å². The lowest BCUT2D eigenvalue weighted by Gasteiger charge is -2.40. The van der Waals surface area contributed by atoms with Crippen LogP contribution in [0.1, 0.15) is 24.8 Å². The predicted octanol–water partition coefficient (Wildman–Crippen LogP) is 2.29. The topological polar surface area (TPSA) is 30.5 Å². The van der Waals surface area contributed by atoms with E-state index in [9.17, 15) is 4.39 Å². The van der Waals surface area contributed by atoms with Crippen LogP contribution in [0.15, 0.2) is 18.2 Å². The Labute approximate surface area is 113 Å². The number of halogens is 1. The minimum absolute atomic E-state index is 0.0392. The third-order valence-corrected chi connectivity index (χ3v) is 4.28. The molecule has 0 bridgehead atoms. The minimum Gasteiger partial charge on any atom is -0.488 e. The molecule has 0 spiro atoms. The first-order chi connectivity index (χ1) is 9.21. The fourth-order valence-corrected chi connectivity index (χ4v) is 2.89. The van der Waals surface area contributed by atoms with Crippen molar-refractivity contribution in [1.29, 1.82) is 0 Å². The summed E-state index contributed by atoms with van der Waals surface area (Å²) in [6.07, 6.45) is 4.40. The molecule has 0 amide bonds. The SMILES string of the molecule is COC1(CNCC2Cc3cc(F)ccc3O2)CCC1. The number of rotatable bonds is 5. The molecule has 1 aliphatic carbocycles. The number of methoxy groups -OCH3 is 1. The maximum Gasteiger partial charge on any atom is 0.123 e. The van der Waals surface area contributed by atoms with E-state index in [1.165, 1.54) is 12.5 Å². The maximum absolute atomic E-state index is 13.1. The molecule has 1 aliphatic heterocycles. The first-order valence-electron chi connectivity index (χ1n) is 6.92. The number of benzene rings is 1. The number of fused-ring (bicyclic) bond motifs is 1. The second kappa shape index (κ2) is 5.10. The molecule has 0 saturated heterocycles. The highest BCUT2D eigenvalue weighted by Gasteiger charge is 2.36. The predicted molar refractivity (Wildman–Crippen MR) is 71.0 cm³/mol. The highest BCUT2D eigenvalue weighted by Crippen LogP contribution is 2.34. The summed E-state index contributed by atoms with van der Waals surface area (Å²) in [6, 6.07) is 4.73. The Kier molecular flexibility index (Phi) is 3.46. The van der Waals surface area contributed by atoms with Crippen LogP contribution in [0.25, 0.3) is 0 Å². The van der Waals surface area contributed by atoms with Crippen LogP contribution in [0.3, 0.4) is 0 Å². The zero-order valence-electron chi connectivity index (χ0n) is 11.2. The van der Waals surface area contributed by atoms with E-state index in [2.05, 4.69) is 5.32 Å². The van der Waals surface area contributed by atoms with Crippen LogP contribution in [-0.2, 0) is 11.2 Å². The number of ether oxygens (including phenoxy) is 2. The first-order valence-corrected chi connectivity index (χ1v) is 6.92. The van der Waals surface area contributed by atoms with Crippen molar-refractivity contribution < 1.29 is 13.9 Å². The largest absolute Gasteiger partial charge is 0.488 e. The molecule has 1 saturated carbocycles. The zero-order chi connectivity index (χ0) is 13.3. The molecule has 1 N–H and O–H groups in total. The molecule has 1 aromatic rings. The Bertz CT molecular complexity index is 454. The zero-order valence-corrected chi connectivity index (χ0v) is 11.2. The monoisotopic (exact) mass is 265 g/mol. The van der Waals surface area contributed by atoms with Gasteiger partial charge >= 0.3 is 0 Å². The van der Waals surface area contributed by atoms with Gasteiger partial charge in [-0.2, -0.15) is 0 Å². The second-order valence-electron chi connectivity index (χ2n) is 5.57. The van der Waals surface area contributed by atoms with Crippen LogP contribution in [0.5, 0.6) is 5.75 Å². The summed E-state index contributed by atoms with van der Waals surface area (Å²) in [6.45, 7) is 1.65. The van der Waals surface area contributed by atoms with Crippen LogP contribution in [-0.4, -0.2) is 31.9 Å². The van der Waals surface area contributed by atoms with Crippen molar-refractivity contribution in [3.05, 3.63) is 29.6 Å².